The maximum absolute atomic E-state index is 5.39. The largest absolute Gasteiger partial charge is 0.408 e. The van der Waals surface area contributed by atoms with Crippen molar-refractivity contribution in [2.45, 2.75) is 13.5 Å². The van der Waals surface area contributed by atoms with Gasteiger partial charge in [-0.1, -0.05) is 48.0 Å². The van der Waals surface area contributed by atoms with Crippen molar-refractivity contribution < 1.29 is 4.84 Å². The van der Waals surface area contributed by atoms with Gasteiger partial charge in [-0.3, -0.25) is 0 Å². The highest BCUT2D eigenvalue weighted by Crippen LogP contribution is 2.07. The van der Waals surface area contributed by atoms with E-state index in [0.717, 1.165) is 5.75 Å². The normalized spacial score (nSPS) is 10.1. The zero-order valence-electron chi connectivity index (χ0n) is 9.31. The molecular weight excluding hydrogens is 198 g/mol. The molecule has 2 heteroatoms. The van der Waals surface area contributed by atoms with Crippen LogP contribution in [0.3, 0.4) is 0 Å². The van der Waals surface area contributed by atoms with Gasteiger partial charge in [-0.15, -0.1) is 0 Å². The molecule has 0 radical (unpaired) electrons. The van der Waals surface area contributed by atoms with E-state index >= 15 is 0 Å². The molecule has 0 saturated heterocycles. The van der Waals surface area contributed by atoms with Crippen LogP contribution in [0.4, 0.5) is 0 Å². The van der Waals surface area contributed by atoms with E-state index in [4.69, 9.17) is 4.84 Å². The molecule has 0 aromatic heterocycles. The fourth-order valence-electron chi connectivity index (χ4n) is 1.40. The number of rotatable bonds is 4. The van der Waals surface area contributed by atoms with Crippen LogP contribution in [0.25, 0.3) is 0 Å². The van der Waals surface area contributed by atoms with Gasteiger partial charge >= 0.3 is 0 Å². The van der Waals surface area contributed by atoms with Crippen LogP contribution in [0.2, 0.25) is 0 Å². The summed E-state index contributed by atoms with van der Waals surface area (Å²) in [5.41, 5.74) is 5.42. The molecule has 2 aromatic carbocycles. The Morgan fingerprint density at radius 2 is 1.62 bits per heavy atom. The van der Waals surface area contributed by atoms with E-state index in [2.05, 4.69) is 36.7 Å². The maximum Gasteiger partial charge on any atom is 0.147 e. The lowest BCUT2D eigenvalue weighted by molar-refractivity contribution is 0.190. The van der Waals surface area contributed by atoms with Gasteiger partial charge in [0.25, 0.3) is 0 Å². The second-order valence-electron chi connectivity index (χ2n) is 3.72. The smallest absolute Gasteiger partial charge is 0.147 e. The van der Waals surface area contributed by atoms with Crippen LogP contribution in [0.1, 0.15) is 11.1 Å². The molecule has 0 fully saturated rings. The molecule has 0 saturated carbocycles. The average Bonchev–Trinajstić information content (AvgIpc) is 2.33. The molecule has 0 atom stereocenters. The Hall–Kier alpha value is -1.80. The first kappa shape index (κ1) is 10.7. The van der Waals surface area contributed by atoms with Gasteiger partial charge in [-0.2, -0.15) is 5.48 Å². The average molecular weight is 213 g/mol. The standard InChI is InChI=1S/C14H15NO/c1-12-7-9-13(10-8-12)11-15-16-14-5-3-2-4-6-14/h2-10,15H,11H2,1H3. The van der Waals surface area contributed by atoms with Gasteiger partial charge in [0.15, 0.2) is 0 Å². The Kier molecular flexibility index (Phi) is 3.57. The number of para-hydroxylation sites is 1. The van der Waals surface area contributed by atoms with E-state index in [1.165, 1.54) is 11.1 Å². The first-order valence-corrected chi connectivity index (χ1v) is 5.35. The first-order chi connectivity index (χ1) is 7.84. The summed E-state index contributed by atoms with van der Waals surface area (Å²) in [6.07, 6.45) is 0. The zero-order valence-corrected chi connectivity index (χ0v) is 9.31. The Morgan fingerprint density at radius 1 is 0.938 bits per heavy atom. The minimum atomic E-state index is 0.704. The predicted molar refractivity (Wildman–Crippen MR) is 65.1 cm³/mol. The van der Waals surface area contributed by atoms with Crippen molar-refractivity contribution in [2.75, 3.05) is 0 Å². The molecule has 0 spiro atoms. The summed E-state index contributed by atoms with van der Waals surface area (Å²) in [5, 5.41) is 0. The highest BCUT2D eigenvalue weighted by Gasteiger charge is 1.93. The lowest BCUT2D eigenvalue weighted by Crippen LogP contribution is -2.17. The summed E-state index contributed by atoms with van der Waals surface area (Å²) in [5.74, 6) is 0.828. The molecule has 0 unspecified atom stereocenters. The van der Waals surface area contributed by atoms with E-state index in [-0.39, 0.29) is 0 Å². The minimum Gasteiger partial charge on any atom is -0.408 e. The third-order valence-electron chi connectivity index (χ3n) is 2.33. The summed E-state index contributed by atoms with van der Waals surface area (Å²) in [4.78, 5) is 5.39. The van der Waals surface area contributed by atoms with Crippen LogP contribution in [0.5, 0.6) is 5.75 Å². The van der Waals surface area contributed by atoms with Gasteiger partial charge in [-0.05, 0) is 24.6 Å². The molecule has 0 bridgehead atoms. The topological polar surface area (TPSA) is 21.3 Å². The first-order valence-electron chi connectivity index (χ1n) is 5.35. The van der Waals surface area contributed by atoms with Crippen LogP contribution in [0.15, 0.2) is 54.6 Å². The number of hydrogen-bond acceptors (Lipinski definition) is 2. The Bertz CT molecular complexity index is 422. The summed E-state index contributed by atoms with van der Waals surface area (Å²) in [6, 6.07) is 18.1. The zero-order chi connectivity index (χ0) is 11.2. The van der Waals surface area contributed by atoms with E-state index in [1.54, 1.807) is 0 Å². The fraction of sp³-hybridized carbons (Fsp3) is 0.143. The molecular formula is C14H15NO. The van der Waals surface area contributed by atoms with Gasteiger partial charge in [-0.25, -0.2) is 0 Å². The quantitative estimate of drug-likeness (QED) is 0.788. The van der Waals surface area contributed by atoms with Crippen molar-refractivity contribution in [1.29, 1.82) is 0 Å². The third kappa shape index (κ3) is 3.11. The molecule has 2 nitrogen and oxygen atoms in total. The second kappa shape index (κ2) is 5.33. The molecule has 0 amide bonds. The number of hydroxylamine groups is 1. The molecule has 0 aliphatic rings. The van der Waals surface area contributed by atoms with Gasteiger partial charge < -0.3 is 4.84 Å². The summed E-state index contributed by atoms with van der Waals surface area (Å²) in [6.45, 7) is 2.78. The SMILES string of the molecule is Cc1ccc(CNOc2ccccc2)cc1. The number of benzene rings is 2. The Balaban J connectivity index is 1.82. The number of hydrogen-bond donors (Lipinski definition) is 1. The van der Waals surface area contributed by atoms with Crippen LogP contribution < -0.4 is 10.3 Å². The van der Waals surface area contributed by atoms with Crippen molar-refractivity contribution >= 4 is 0 Å². The maximum atomic E-state index is 5.39. The van der Waals surface area contributed by atoms with Crippen LogP contribution in [-0.2, 0) is 6.54 Å². The van der Waals surface area contributed by atoms with Gasteiger partial charge in [0.05, 0.1) is 6.54 Å². The van der Waals surface area contributed by atoms with E-state index < -0.39 is 0 Å². The van der Waals surface area contributed by atoms with Crippen LogP contribution in [0, 0.1) is 6.92 Å². The Labute approximate surface area is 95.8 Å². The molecule has 1 N–H and O–H groups in total. The van der Waals surface area contributed by atoms with Gasteiger partial charge in [0.2, 0.25) is 0 Å². The molecule has 2 rings (SSSR count). The van der Waals surface area contributed by atoms with Crippen LogP contribution in [-0.4, -0.2) is 0 Å². The third-order valence-corrected chi connectivity index (χ3v) is 2.33. The van der Waals surface area contributed by atoms with Gasteiger partial charge in [0.1, 0.15) is 5.75 Å². The summed E-state index contributed by atoms with van der Waals surface area (Å²) < 4.78 is 0. The highest BCUT2D eigenvalue weighted by atomic mass is 16.6. The van der Waals surface area contributed by atoms with E-state index in [1.807, 2.05) is 30.3 Å². The molecule has 16 heavy (non-hydrogen) atoms. The molecule has 0 heterocycles. The fourth-order valence-corrected chi connectivity index (χ4v) is 1.40. The van der Waals surface area contributed by atoms with Crippen molar-refractivity contribution in [3.63, 3.8) is 0 Å². The van der Waals surface area contributed by atoms with Crippen molar-refractivity contribution in [3.8, 4) is 5.75 Å². The van der Waals surface area contributed by atoms with Crippen LogP contribution >= 0.6 is 0 Å². The second-order valence-corrected chi connectivity index (χ2v) is 3.72. The number of aryl methyl sites for hydroxylation is 1. The lowest BCUT2D eigenvalue weighted by Gasteiger charge is -2.07. The molecule has 0 aliphatic carbocycles. The summed E-state index contributed by atoms with van der Waals surface area (Å²) in [7, 11) is 0. The molecule has 82 valence electrons. The molecule has 0 aliphatic heterocycles. The van der Waals surface area contributed by atoms with Crippen molar-refractivity contribution in [2.24, 2.45) is 0 Å². The molecule has 2 aromatic rings. The Morgan fingerprint density at radius 3 is 2.31 bits per heavy atom. The predicted octanol–water partition coefficient (Wildman–Crippen LogP) is 3.08. The van der Waals surface area contributed by atoms with Crippen molar-refractivity contribution in [3.05, 3.63) is 65.7 Å². The van der Waals surface area contributed by atoms with Crippen molar-refractivity contribution in [1.82, 2.24) is 5.48 Å². The summed E-state index contributed by atoms with van der Waals surface area (Å²) >= 11 is 0. The minimum absolute atomic E-state index is 0.704. The number of nitrogens with one attached hydrogen (secondary N) is 1. The van der Waals surface area contributed by atoms with E-state index in [0.29, 0.717) is 6.54 Å². The van der Waals surface area contributed by atoms with E-state index in [9.17, 15) is 0 Å². The highest BCUT2D eigenvalue weighted by molar-refractivity contribution is 5.22. The lowest BCUT2D eigenvalue weighted by atomic mass is 10.2. The monoisotopic (exact) mass is 213 g/mol. The van der Waals surface area contributed by atoms with Gasteiger partial charge in [0, 0.05) is 0 Å².